The van der Waals surface area contributed by atoms with Gasteiger partial charge in [0.1, 0.15) is 23.0 Å². The molecule has 35 heavy (non-hydrogen) atoms. The number of sulfone groups is 1. The Kier molecular flexibility index (Phi) is 5.85. The van der Waals surface area contributed by atoms with Crippen molar-refractivity contribution < 1.29 is 17.6 Å². The fourth-order valence-corrected chi connectivity index (χ4v) is 4.59. The number of carbonyl (C=O) groups excluding carboxylic acids is 1. The highest BCUT2D eigenvalue weighted by Crippen LogP contribution is 2.39. The maximum Gasteiger partial charge on any atom is 0.270 e. The predicted octanol–water partition coefficient (Wildman–Crippen LogP) is 2.94. The molecule has 1 saturated carbocycles. The molecule has 0 spiro atoms. The Labute approximate surface area is 201 Å². The Bertz CT molecular complexity index is 1480. The monoisotopic (exact) mass is 492 g/mol. The van der Waals surface area contributed by atoms with Crippen LogP contribution >= 0.6 is 0 Å². The average molecular weight is 493 g/mol. The SMILES string of the molecule is CS(=O)(=O)c1ccc(-c2nnc(C3CC(NC(=O)c4ccccn4)C3)n2-c2ccccc2F)nc1. The van der Waals surface area contributed by atoms with Gasteiger partial charge in [0.2, 0.25) is 0 Å². The van der Waals surface area contributed by atoms with Gasteiger partial charge in [-0.1, -0.05) is 18.2 Å². The van der Waals surface area contributed by atoms with Gasteiger partial charge in [0.15, 0.2) is 15.7 Å². The minimum Gasteiger partial charge on any atom is -0.348 e. The number of para-hydroxylation sites is 1. The van der Waals surface area contributed by atoms with Crippen molar-refractivity contribution in [1.29, 1.82) is 0 Å². The van der Waals surface area contributed by atoms with Crippen LogP contribution < -0.4 is 5.32 Å². The van der Waals surface area contributed by atoms with Crippen LogP contribution in [0.1, 0.15) is 35.1 Å². The van der Waals surface area contributed by atoms with Crippen molar-refractivity contribution in [3.05, 3.63) is 84.3 Å². The van der Waals surface area contributed by atoms with Gasteiger partial charge in [-0.15, -0.1) is 10.2 Å². The molecule has 0 bridgehead atoms. The zero-order valence-electron chi connectivity index (χ0n) is 18.7. The van der Waals surface area contributed by atoms with E-state index in [4.69, 9.17) is 0 Å². The Balaban J connectivity index is 1.44. The number of benzene rings is 1. The van der Waals surface area contributed by atoms with Crippen molar-refractivity contribution in [2.75, 3.05) is 6.26 Å². The van der Waals surface area contributed by atoms with Gasteiger partial charge >= 0.3 is 0 Å². The summed E-state index contributed by atoms with van der Waals surface area (Å²) in [4.78, 5) is 20.8. The number of hydrogen-bond donors (Lipinski definition) is 1. The van der Waals surface area contributed by atoms with Crippen LogP contribution in [0.5, 0.6) is 0 Å². The van der Waals surface area contributed by atoms with E-state index >= 15 is 0 Å². The van der Waals surface area contributed by atoms with Gasteiger partial charge in [0, 0.05) is 30.6 Å². The van der Waals surface area contributed by atoms with E-state index < -0.39 is 15.7 Å². The molecule has 3 heterocycles. The Morgan fingerprint density at radius 1 is 1.03 bits per heavy atom. The molecule has 0 unspecified atom stereocenters. The minimum atomic E-state index is -3.41. The molecular formula is C24H21FN6O3S. The largest absolute Gasteiger partial charge is 0.348 e. The zero-order chi connectivity index (χ0) is 24.6. The average Bonchev–Trinajstić information content (AvgIpc) is 3.25. The Morgan fingerprint density at radius 2 is 1.80 bits per heavy atom. The third kappa shape index (κ3) is 4.54. The number of nitrogens with one attached hydrogen (secondary N) is 1. The van der Waals surface area contributed by atoms with E-state index in [0.29, 0.717) is 35.9 Å². The van der Waals surface area contributed by atoms with Crippen LogP contribution in [0.25, 0.3) is 17.2 Å². The molecule has 1 amide bonds. The molecule has 4 aromatic rings. The highest BCUT2D eigenvalue weighted by atomic mass is 32.2. The van der Waals surface area contributed by atoms with Crippen LogP contribution in [0, 0.1) is 5.82 Å². The number of hydrogen-bond acceptors (Lipinski definition) is 7. The van der Waals surface area contributed by atoms with Crippen molar-refractivity contribution in [3.8, 4) is 17.2 Å². The molecule has 0 radical (unpaired) electrons. The van der Waals surface area contributed by atoms with Crippen molar-refractivity contribution in [2.24, 2.45) is 0 Å². The van der Waals surface area contributed by atoms with E-state index in [-0.39, 0.29) is 28.4 Å². The molecule has 9 nitrogen and oxygen atoms in total. The highest BCUT2D eigenvalue weighted by molar-refractivity contribution is 7.90. The maximum absolute atomic E-state index is 14.8. The molecule has 11 heteroatoms. The molecule has 1 N–H and O–H groups in total. The summed E-state index contributed by atoms with van der Waals surface area (Å²) in [6.07, 6.45) is 5.12. The second kappa shape index (κ2) is 8.99. The molecule has 1 aromatic carbocycles. The second-order valence-electron chi connectivity index (χ2n) is 8.37. The third-order valence-corrected chi connectivity index (χ3v) is 7.01. The second-order valence-corrected chi connectivity index (χ2v) is 10.4. The van der Waals surface area contributed by atoms with Gasteiger partial charge in [-0.05, 0) is 49.2 Å². The van der Waals surface area contributed by atoms with Crippen LogP contribution in [0.4, 0.5) is 4.39 Å². The van der Waals surface area contributed by atoms with E-state index in [1.54, 1.807) is 47.2 Å². The number of aromatic nitrogens is 5. The van der Waals surface area contributed by atoms with Gasteiger partial charge in [-0.3, -0.25) is 19.3 Å². The minimum absolute atomic E-state index is 0.0693. The summed E-state index contributed by atoms with van der Waals surface area (Å²) < 4.78 is 40.0. The van der Waals surface area contributed by atoms with Gasteiger partial charge < -0.3 is 5.32 Å². The smallest absolute Gasteiger partial charge is 0.270 e. The number of pyridine rings is 2. The normalized spacial score (nSPS) is 17.5. The number of carbonyl (C=O) groups is 1. The number of amides is 1. The molecule has 0 aliphatic heterocycles. The summed E-state index contributed by atoms with van der Waals surface area (Å²) in [6, 6.07) is 14.3. The fraction of sp³-hybridized carbons (Fsp3) is 0.208. The first-order valence-corrected chi connectivity index (χ1v) is 12.8. The Morgan fingerprint density at radius 3 is 2.46 bits per heavy atom. The lowest BCUT2D eigenvalue weighted by atomic mass is 9.79. The van der Waals surface area contributed by atoms with Crippen LogP contribution in [-0.2, 0) is 9.84 Å². The van der Waals surface area contributed by atoms with Crippen molar-refractivity contribution in [3.63, 3.8) is 0 Å². The predicted molar refractivity (Wildman–Crippen MR) is 125 cm³/mol. The molecule has 0 saturated heterocycles. The number of rotatable bonds is 6. The van der Waals surface area contributed by atoms with Crippen molar-refractivity contribution in [2.45, 2.75) is 29.7 Å². The van der Waals surface area contributed by atoms with E-state index in [1.807, 2.05) is 0 Å². The van der Waals surface area contributed by atoms with E-state index in [9.17, 15) is 17.6 Å². The quantitative estimate of drug-likeness (QED) is 0.439. The summed E-state index contributed by atoms with van der Waals surface area (Å²) in [5.41, 5.74) is 0.965. The first-order chi connectivity index (χ1) is 16.8. The summed E-state index contributed by atoms with van der Waals surface area (Å²) >= 11 is 0. The summed E-state index contributed by atoms with van der Waals surface area (Å²) in [7, 11) is -3.41. The molecule has 178 valence electrons. The fourth-order valence-electron chi connectivity index (χ4n) is 4.03. The molecular weight excluding hydrogens is 471 g/mol. The van der Waals surface area contributed by atoms with Gasteiger partial charge in [-0.25, -0.2) is 12.8 Å². The third-order valence-electron chi connectivity index (χ3n) is 5.91. The maximum atomic E-state index is 14.8. The van der Waals surface area contributed by atoms with Crippen molar-refractivity contribution in [1.82, 2.24) is 30.0 Å². The lowest BCUT2D eigenvalue weighted by molar-refractivity contribution is 0.0902. The first kappa shape index (κ1) is 22.8. The van der Waals surface area contributed by atoms with Crippen molar-refractivity contribution >= 4 is 15.7 Å². The lowest BCUT2D eigenvalue weighted by Gasteiger charge is -2.35. The van der Waals surface area contributed by atoms with Gasteiger partial charge in [-0.2, -0.15) is 0 Å². The summed E-state index contributed by atoms with van der Waals surface area (Å²) in [6.45, 7) is 0. The first-order valence-electron chi connectivity index (χ1n) is 10.9. The van der Waals surface area contributed by atoms with Crippen LogP contribution in [0.2, 0.25) is 0 Å². The Hall–Kier alpha value is -3.99. The van der Waals surface area contributed by atoms with Crippen LogP contribution in [-0.4, -0.2) is 51.4 Å². The summed E-state index contributed by atoms with van der Waals surface area (Å²) in [5.74, 6) is 0.0658. The molecule has 1 fully saturated rings. The van der Waals surface area contributed by atoms with E-state index in [2.05, 4.69) is 25.5 Å². The molecule has 0 atom stereocenters. The molecule has 5 rings (SSSR count). The van der Waals surface area contributed by atoms with Crippen LogP contribution in [0.3, 0.4) is 0 Å². The topological polar surface area (TPSA) is 120 Å². The highest BCUT2D eigenvalue weighted by Gasteiger charge is 2.36. The molecule has 1 aliphatic rings. The lowest BCUT2D eigenvalue weighted by Crippen LogP contribution is -2.44. The van der Waals surface area contributed by atoms with Crippen LogP contribution in [0.15, 0.2) is 71.9 Å². The molecule has 3 aromatic heterocycles. The molecule has 1 aliphatic carbocycles. The number of nitrogens with zero attached hydrogens (tertiary/aromatic N) is 5. The number of halogens is 1. The van der Waals surface area contributed by atoms with Gasteiger partial charge in [0.25, 0.3) is 5.91 Å². The standard InChI is InChI=1S/C24H21FN6O3S/c1-35(33,34)17-9-10-19(27-14-17)23-30-29-22(31(23)21-8-3-2-6-18(21)25)15-12-16(13-15)28-24(32)20-7-4-5-11-26-20/h2-11,14-16H,12-13H2,1H3,(H,28,32). The van der Waals surface area contributed by atoms with E-state index in [1.165, 1.54) is 24.4 Å². The van der Waals surface area contributed by atoms with E-state index in [0.717, 1.165) is 6.26 Å². The summed E-state index contributed by atoms with van der Waals surface area (Å²) in [5, 5.41) is 11.6. The zero-order valence-corrected chi connectivity index (χ0v) is 19.5. The van der Waals surface area contributed by atoms with Gasteiger partial charge in [0.05, 0.1) is 10.6 Å².